The lowest BCUT2D eigenvalue weighted by molar-refractivity contribution is -0.0599. The molecule has 2 aromatic rings. The fourth-order valence-corrected chi connectivity index (χ4v) is 4.32. The summed E-state index contributed by atoms with van der Waals surface area (Å²) in [4.78, 5) is 7.73. The van der Waals surface area contributed by atoms with Gasteiger partial charge < -0.3 is 24.7 Å². The van der Waals surface area contributed by atoms with Gasteiger partial charge in [0.2, 0.25) is 0 Å². The molecule has 0 amide bonds. The largest absolute Gasteiger partial charge is 0.414 e. The number of fused-ring (bicyclic) bond motifs is 1. The molecule has 0 bridgehead atoms. The van der Waals surface area contributed by atoms with E-state index >= 15 is 4.39 Å². The molecule has 13 heteroatoms. The van der Waals surface area contributed by atoms with Crippen molar-refractivity contribution in [3.63, 3.8) is 0 Å². The standard InChI is InChI=1S/C17H26F3N5O4Si/c1-17(2,3)30(4,5)29-11-8(6-26)27-15(10(11)18)25-13-9(12(21)22-7-23-13)14(24-25)28-16(19)20/h7-8,10-11,15-16,26H,6H2,1-5H3,(H2,21,22,23)/t8-,10+,11-,15-/m1/s1. The Morgan fingerprint density at radius 1 is 1.33 bits per heavy atom. The smallest absolute Gasteiger partial charge is 0.388 e. The van der Waals surface area contributed by atoms with Gasteiger partial charge in [-0.1, -0.05) is 20.8 Å². The normalized spacial score (nSPS) is 25.4. The number of aliphatic hydroxyl groups excluding tert-OH is 1. The Morgan fingerprint density at radius 2 is 2.00 bits per heavy atom. The van der Waals surface area contributed by atoms with Gasteiger partial charge in [-0.05, 0) is 18.1 Å². The number of nitrogens with zero attached hydrogens (tertiary/aromatic N) is 4. The lowest BCUT2D eigenvalue weighted by Gasteiger charge is -2.39. The van der Waals surface area contributed by atoms with E-state index in [4.69, 9.17) is 14.9 Å². The molecule has 0 aliphatic carbocycles. The Bertz CT molecular complexity index is 907. The molecule has 0 aromatic carbocycles. The van der Waals surface area contributed by atoms with Crippen molar-refractivity contribution in [3.8, 4) is 5.88 Å². The highest BCUT2D eigenvalue weighted by Gasteiger charge is 2.52. The summed E-state index contributed by atoms with van der Waals surface area (Å²) >= 11 is 0. The molecular formula is C17H26F3N5O4Si. The van der Waals surface area contributed by atoms with Gasteiger partial charge in [0.15, 0.2) is 26.4 Å². The quantitative estimate of drug-likeness (QED) is 0.647. The summed E-state index contributed by atoms with van der Waals surface area (Å²) in [5.74, 6) is -0.689. The van der Waals surface area contributed by atoms with E-state index in [1.807, 2.05) is 33.9 Å². The Balaban J connectivity index is 2.01. The summed E-state index contributed by atoms with van der Waals surface area (Å²) in [6.45, 7) is 6.24. The number of hydrogen-bond donors (Lipinski definition) is 2. The molecule has 0 radical (unpaired) electrons. The number of hydrogen-bond acceptors (Lipinski definition) is 8. The van der Waals surface area contributed by atoms with Crippen LogP contribution in [-0.4, -0.2) is 64.8 Å². The summed E-state index contributed by atoms with van der Waals surface area (Å²) in [5, 5.41) is 13.4. The molecule has 2 aromatic heterocycles. The third kappa shape index (κ3) is 3.98. The number of aromatic nitrogens is 4. The van der Waals surface area contributed by atoms with Gasteiger partial charge in [-0.25, -0.2) is 19.0 Å². The zero-order valence-electron chi connectivity index (χ0n) is 17.3. The van der Waals surface area contributed by atoms with Gasteiger partial charge in [-0.3, -0.25) is 0 Å². The van der Waals surface area contributed by atoms with Gasteiger partial charge in [0, 0.05) is 0 Å². The van der Waals surface area contributed by atoms with Crippen molar-refractivity contribution in [1.82, 2.24) is 19.7 Å². The molecule has 0 unspecified atom stereocenters. The van der Waals surface area contributed by atoms with Crippen LogP contribution in [0.5, 0.6) is 5.88 Å². The zero-order chi connectivity index (χ0) is 22.4. The highest BCUT2D eigenvalue weighted by molar-refractivity contribution is 6.74. The second-order valence-corrected chi connectivity index (χ2v) is 13.4. The van der Waals surface area contributed by atoms with E-state index in [1.54, 1.807) is 0 Å². The molecule has 1 aliphatic rings. The monoisotopic (exact) mass is 449 g/mol. The van der Waals surface area contributed by atoms with Crippen LogP contribution in [0.25, 0.3) is 11.0 Å². The minimum atomic E-state index is -3.18. The van der Waals surface area contributed by atoms with Crippen LogP contribution >= 0.6 is 0 Å². The Hall–Kier alpha value is -1.96. The van der Waals surface area contributed by atoms with Gasteiger partial charge in [0.05, 0.1) is 6.61 Å². The first-order valence-corrected chi connectivity index (χ1v) is 12.3. The predicted octanol–water partition coefficient (Wildman–Crippen LogP) is 2.63. The summed E-state index contributed by atoms with van der Waals surface area (Å²) in [6.07, 6.45) is -4.09. The van der Waals surface area contributed by atoms with Crippen LogP contribution < -0.4 is 10.5 Å². The number of nitrogen functional groups attached to an aromatic ring is 1. The molecule has 9 nitrogen and oxygen atoms in total. The molecule has 1 aliphatic heterocycles. The highest BCUT2D eigenvalue weighted by Crippen LogP contribution is 2.43. The first kappa shape index (κ1) is 22.7. The Morgan fingerprint density at radius 3 is 2.57 bits per heavy atom. The van der Waals surface area contributed by atoms with Crippen molar-refractivity contribution in [1.29, 1.82) is 0 Å². The van der Waals surface area contributed by atoms with E-state index in [1.165, 1.54) is 0 Å². The van der Waals surface area contributed by atoms with Crippen molar-refractivity contribution < 1.29 is 32.2 Å². The lowest BCUT2D eigenvalue weighted by atomic mass is 10.1. The molecule has 1 saturated heterocycles. The molecular weight excluding hydrogens is 423 g/mol. The summed E-state index contributed by atoms with van der Waals surface area (Å²) in [6, 6.07) is 0. The van der Waals surface area contributed by atoms with E-state index < -0.39 is 52.0 Å². The molecule has 168 valence electrons. The average molecular weight is 450 g/mol. The average Bonchev–Trinajstić information content (AvgIpc) is 3.12. The van der Waals surface area contributed by atoms with E-state index in [2.05, 4.69) is 19.8 Å². The van der Waals surface area contributed by atoms with Gasteiger partial charge in [0.25, 0.3) is 5.88 Å². The Kier molecular flexibility index (Phi) is 6.01. The number of halogens is 3. The van der Waals surface area contributed by atoms with E-state index in [-0.39, 0.29) is 21.9 Å². The zero-order valence-corrected chi connectivity index (χ0v) is 18.3. The fraction of sp³-hybridized carbons (Fsp3) is 0.706. The lowest BCUT2D eigenvalue weighted by Crippen LogP contribution is -2.49. The number of aliphatic hydroxyl groups is 1. The molecule has 30 heavy (non-hydrogen) atoms. The molecule has 1 fully saturated rings. The van der Waals surface area contributed by atoms with Gasteiger partial charge in [-0.2, -0.15) is 8.78 Å². The van der Waals surface area contributed by atoms with Gasteiger partial charge in [0.1, 0.15) is 29.7 Å². The summed E-state index contributed by atoms with van der Waals surface area (Å²) in [5.41, 5.74) is 5.74. The highest BCUT2D eigenvalue weighted by atomic mass is 28.4. The van der Waals surface area contributed by atoms with Crippen molar-refractivity contribution in [3.05, 3.63) is 6.33 Å². The van der Waals surface area contributed by atoms with Crippen LogP contribution in [0.15, 0.2) is 6.33 Å². The van der Waals surface area contributed by atoms with Gasteiger partial charge in [-0.15, -0.1) is 5.10 Å². The second kappa shape index (κ2) is 7.94. The molecule has 0 saturated carbocycles. The number of anilines is 1. The van der Waals surface area contributed by atoms with E-state index in [9.17, 15) is 13.9 Å². The maximum absolute atomic E-state index is 15.5. The summed E-state index contributed by atoms with van der Waals surface area (Å²) < 4.78 is 58.4. The van der Waals surface area contributed by atoms with E-state index in [0.717, 1.165) is 11.0 Å². The summed E-state index contributed by atoms with van der Waals surface area (Å²) in [7, 11) is -2.41. The van der Waals surface area contributed by atoms with Crippen LogP contribution in [0.4, 0.5) is 19.0 Å². The first-order valence-electron chi connectivity index (χ1n) is 9.39. The van der Waals surface area contributed by atoms with Crippen LogP contribution in [0.2, 0.25) is 18.1 Å². The first-order chi connectivity index (χ1) is 13.9. The van der Waals surface area contributed by atoms with Crippen molar-refractivity contribution in [2.45, 2.75) is 70.1 Å². The maximum Gasteiger partial charge on any atom is 0.388 e. The minimum Gasteiger partial charge on any atom is -0.414 e. The van der Waals surface area contributed by atoms with Gasteiger partial charge >= 0.3 is 6.61 Å². The third-order valence-electron chi connectivity index (χ3n) is 5.61. The van der Waals surface area contributed by atoms with Crippen molar-refractivity contribution in [2.75, 3.05) is 12.3 Å². The van der Waals surface area contributed by atoms with Crippen molar-refractivity contribution in [2.24, 2.45) is 0 Å². The number of ether oxygens (including phenoxy) is 2. The van der Waals surface area contributed by atoms with Crippen LogP contribution in [0.3, 0.4) is 0 Å². The van der Waals surface area contributed by atoms with Crippen LogP contribution in [0, 0.1) is 0 Å². The molecule has 0 spiro atoms. The number of alkyl halides is 3. The molecule has 3 heterocycles. The fourth-order valence-electron chi connectivity index (χ4n) is 3.00. The topological polar surface area (TPSA) is 118 Å². The van der Waals surface area contributed by atoms with Crippen molar-refractivity contribution >= 4 is 25.2 Å². The SMILES string of the molecule is CC(C)(C)[Si](C)(C)O[C@H]1[C@H](F)[C@H](n2nc(OC(F)F)c3c(N)ncnc32)O[C@@H]1CO. The van der Waals surface area contributed by atoms with E-state index in [0.29, 0.717) is 0 Å². The van der Waals surface area contributed by atoms with Crippen LogP contribution in [0.1, 0.15) is 27.0 Å². The maximum atomic E-state index is 15.5. The molecule has 4 atom stereocenters. The minimum absolute atomic E-state index is 0.0320. The third-order valence-corrected chi connectivity index (χ3v) is 10.1. The number of rotatable bonds is 6. The molecule has 3 N–H and O–H groups in total. The molecule has 3 rings (SSSR count). The van der Waals surface area contributed by atoms with Crippen LogP contribution in [-0.2, 0) is 9.16 Å². The number of nitrogens with two attached hydrogens (primary N) is 1. The Labute approximate surface area is 172 Å². The second-order valence-electron chi connectivity index (χ2n) is 8.62. The predicted molar refractivity (Wildman–Crippen MR) is 104 cm³/mol.